The highest BCUT2D eigenvalue weighted by Crippen LogP contribution is 2.24. The predicted molar refractivity (Wildman–Crippen MR) is 145 cm³/mol. The lowest BCUT2D eigenvalue weighted by atomic mass is 9.97. The highest BCUT2D eigenvalue weighted by atomic mass is 16.5. The molecule has 0 saturated heterocycles. The lowest BCUT2D eigenvalue weighted by molar-refractivity contribution is 0.232. The third-order valence-electron chi connectivity index (χ3n) is 6.28. The van der Waals surface area contributed by atoms with Crippen LogP contribution in [0.1, 0.15) is 54.4 Å². The largest absolute Gasteiger partial charge is 0.490 e. The Balaban J connectivity index is 1.67. The monoisotopic (exact) mass is 509 g/mol. The number of ether oxygens (including phenoxy) is 1. The Kier molecular flexibility index (Phi) is 8.96. The highest BCUT2D eigenvalue weighted by molar-refractivity contribution is 5.70. The molecular weight excluding hydrogens is 478 g/mol. The molecule has 1 N–H and O–H groups in total. The van der Waals surface area contributed by atoms with Crippen LogP contribution in [-0.4, -0.2) is 37.8 Å². The van der Waals surface area contributed by atoms with E-state index in [9.17, 15) is 10.1 Å². The number of nitriles is 1. The molecule has 194 valence electrons. The zero-order valence-electron chi connectivity index (χ0n) is 21.7. The Morgan fingerprint density at radius 3 is 2.47 bits per heavy atom. The fourth-order valence-corrected chi connectivity index (χ4v) is 4.27. The molecule has 0 radical (unpaired) electrons. The van der Waals surface area contributed by atoms with E-state index in [1.807, 2.05) is 42.5 Å². The number of rotatable bonds is 11. The fraction of sp³-hybridized carbons (Fsp3) is 0.300. The number of nitrogens with zero attached hydrogens (tertiary/aromatic N) is 5. The summed E-state index contributed by atoms with van der Waals surface area (Å²) in [6.07, 6.45) is 6.63. The van der Waals surface area contributed by atoms with E-state index in [0.29, 0.717) is 42.1 Å². The lowest BCUT2D eigenvalue weighted by Crippen LogP contribution is -2.29. The van der Waals surface area contributed by atoms with Crippen LogP contribution in [0.25, 0.3) is 17.1 Å². The first kappa shape index (κ1) is 26.7. The molecule has 8 nitrogen and oxygen atoms in total. The number of hydrogen-bond acceptors (Lipinski definition) is 7. The molecule has 0 spiro atoms. The third-order valence-corrected chi connectivity index (χ3v) is 6.28. The zero-order chi connectivity index (χ0) is 26.9. The van der Waals surface area contributed by atoms with E-state index in [0.717, 1.165) is 41.6 Å². The number of hydrogen-bond donors (Lipinski definition) is 1. The average Bonchev–Trinajstić information content (AvgIpc) is 2.95. The molecule has 0 aliphatic carbocycles. The summed E-state index contributed by atoms with van der Waals surface area (Å²) in [7, 11) is 0. The number of aliphatic hydroxyl groups excluding tert-OH is 1. The molecule has 0 fully saturated rings. The van der Waals surface area contributed by atoms with Gasteiger partial charge in [-0.3, -0.25) is 4.79 Å². The first-order chi connectivity index (χ1) is 18.5. The lowest BCUT2D eigenvalue weighted by Gasteiger charge is -2.15. The van der Waals surface area contributed by atoms with Crippen molar-refractivity contribution >= 4 is 0 Å². The van der Waals surface area contributed by atoms with Gasteiger partial charge in [0.15, 0.2) is 5.75 Å². The van der Waals surface area contributed by atoms with Crippen LogP contribution in [0.4, 0.5) is 0 Å². The van der Waals surface area contributed by atoms with E-state index in [1.165, 1.54) is 17.0 Å². The van der Waals surface area contributed by atoms with Crippen molar-refractivity contribution in [3.05, 3.63) is 99.5 Å². The zero-order valence-corrected chi connectivity index (χ0v) is 21.7. The summed E-state index contributed by atoms with van der Waals surface area (Å²) >= 11 is 0. The molecule has 2 aromatic carbocycles. The molecule has 4 aromatic rings. The minimum Gasteiger partial charge on any atom is -0.490 e. The summed E-state index contributed by atoms with van der Waals surface area (Å²) in [6, 6.07) is 17.7. The second-order valence-corrected chi connectivity index (χ2v) is 9.00. The molecule has 2 aromatic heterocycles. The van der Waals surface area contributed by atoms with Crippen LogP contribution in [-0.2, 0) is 12.8 Å². The number of aromatic nitrogens is 4. The van der Waals surface area contributed by atoms with Crippen LogP contribution < -0.4 is 10.3 Å². The number of benzene rings is 2. The Morgan fingerprint density at radius 2 is 1.79 bits per heavy atom. The molecule has 0 unspecified atom stereocenters. The molecule has 0 amide bonds. The van der Waals surface area contributed by atoms with Crippen molar-refractivity contribution in [2.75, 3.05) is 13.2 Å². The Morgan fingerprint density at radius 1 is 1.05 bits per heavy atom. The average molecular weight is 510 g/mol. The van der Waals surface area contributed by atoms with Gasteiger partial charge in [-0.05, 0) is 42.5 Å². The number of aryl methyl sites for hydroxylation is 2. The van der Waals surface area contributed by atoms with E-state index < -0.39 is 0 Å². The number of unbranched alkanes of at least 4 members (excludes halogenated alkanes) is 1. The first-order valence-electron chi connectivity index (χ1n) is 12.8. The maximum Gasteiger partial charge on any atom is 0.264 e. The molecule has 8 heteroatoms. The summed E-state index contributed by atoms with van der Waals surface area (Å²) in [5.41, 5.74) is 4.67. The number of aliphatic hydroxyl groups is 1. The van der Waals surface area contributed by atoms with Gasteiger partial charge in [0.25, 0.3) is 5.56 Å². The second kappa shape index (κ2) is 12.7. The van der Waals surface area contributed by atoms with Crippen molar-refractivity contribution < 1.29 is 9.84 Å². The smallest absolute Gasteiger partial charge is 0.264 e. The van der Waals surface area contributed by atoms with Crippen molar-refractivity contribution in [3.63, 3.8) is 0 Å². The van der Waals surface area contributed by atoms with E-state index in [-0.39, 0.29) is 18.1 Å². The third kappa shape index (κ3) is 6.13. The topological polar surface area (TPSA) is 114 Å². The summed E-state index contributed by atoms with van der Waals surface area (Å²) < 4.78 is 6.96. The summed E-state index contributed by atoms with van der Waals surface area (Å²) in [4.78, 5) is 27.3. The maximum atomic E-state index is 13.8. The minimum absolute atomic E-state index is 0.0439. The van der Waals surface area contributed by atoms with E-state index in [1.54, 1.807) is 13.0 Å². The SMILES string of the molecule is CCCCc1nc(C)n(-c2ncc(OCCCO)cn2)c(=O)c1Cc1ccc(-c2ccccc2C#N)cc1. The Bertz CT molecular complexity index is 1470. The Hall–Kier alpha value is -4.35. The van der Waals surface area contributed by atoms with Gasteiger partial charge in [0, 0.05) is 25.0 Å². The summed E-state index contributed by atoms with van der Waals surface area (Å²) in [5, 5.41) is 18.4. The molecule has 0 atom stereocenters. The molecule has 0 aliphatic heterocycles. The van der Waals surface area contributed by atoms with Gasteiger partial charge < -0.3 is 9.84 Å². The first-order valence-corrected chi connectivity index (χ1v) is 12.8. The Labute approximate surface area is 222 Å². The molecule has 0 saturated carbocycles. The van der Waals surface area contributed by atoms with Crippen molar-refractivity contribution in [1.82, 2.24) is 19.5 Å². The second-order valence-electron chi connectivity index (χ2n) is 9.00. The van der Waals surface area contributed by atoms with Crippen LogP contribution in [0, 0.1) is 18.3 Å². The maximum absolute atomic E-state index is 13.8. The van der Waals surface area contributed by atoms with Gasteiger partial charge in [-0.1, -0.05) is 55.8 Å². The van der Waals surface area contributed by atoms with Gasteiger partial charge in [-0.25, -0.2) is 19.5 Å². The quantitative estimate of drug-likeness (QED) is 0.295. The summed E-state index contributed by atoms with van der Waals surface area (Å²) in [5.74, 6) is 1.24. The molecule has 2 heterocycles. The molecular formula is C30H31N5O3. The molecule has 38 heavy (non-hydrogen) atoms. The van der Waals surface area contributed by atoms with Crippen molar-refractivity contribution in [2.24, 2.45) is 0 Å². The van der Waals surface area contributed by atoms with Gasteiger partial charge in [0.05, 0.1) is 36.3 Å². The summed E-state index contributed by atoms with van der Waals surface area (Å²) in [6.45, 7) is 4.31. The molecule has 0 bridgehead atoms. The predicted octanol–water partition coefficient (Wildman–Crippen LogP) is 4.56. The van der Waals surface area contributed by atoms with E-state index in [4.69, 9.17) is 14.8 Å². The standard InChI is InChI=1S/C30H31N5O3/c1-3-4-10-28-27(17-22-11-13-23(14-12-22)26-9-6-5-8-24(26)18-31)29(37)35(21(2)34-28)30-32-19-25(20-33-30)38-16-7-15-36/h5-6,8-9,11-14,19-20,36H,3-4,7,10,15-17H2,1-2H3. The van der Waals surface area contributed by atoms with Gasteiger partial charge >= 0.3 is 0 Å². The normalized spacial score (nSPS) is 10.8. The molecule has 4 rings (SSSR count). The van der Waals surface area contributed by atoms with Crippen LogP contribution in [0.5, 0.6) is 5.75 Å². The van der Waals surface area contributed by atoms with Crippen molar-refractivity contribution in [3.8, 4) is 28.9 Å². The van der Waals surface area contributed by atoms with E-state index in [2.05, 4.69) is 23.0 Å². The van der Waals surface area contributed by atoms with Crippen LogP contribution in [0.3, 0.4) is 0 Å². The minimum atomic E-state index is -0.184. The van der Waals surface area contributed by atoms with Gasteiger partial charge in [-0.15, -0.1) is 0 Å². The van der Waals surface area contributed by atoms with Crippen LogP contribution >= 0.6 is 0 Å². The van der Waals surface area contributed by atoms with Crippen LogP contribution in [0.2, 0.25) is 0 Å². The van der Waals surface area contributed by atoms with Gasteiger partial charge in [-0.2, -0.15) is 5.26 Å². The van der Waals surface area contributed by atoms with E-state index >= 15 is 0 Å². The van der Waals surface area contributed by atoms with Gasteiger partial charge in [0.1, 0.15) is 5.82 Å². The van der Waals surface area contributed by atoms with Crippen molar-refractivity contribution in [1.29, 1.82) is 5.26 Å². The fourth-order valence-electron chi connectivity index (χ4n) is 4.27. The highest BCUT2D eigenvalue weighted by Gasteiger charge is 2.18. The van der Waals surface area contributed by atoms with Crippen molar-refractivity contribution in [2.45, 2.75) is 46.0 Å². The van der Waals surface area contributed by atoms with Crippen LogP contribution in [0.15, 0.2) is 65.7 Å². The molecule has 0 aliphatic rings. The van der Waals surface area contributed by atoms with Gasteiger partial charge in [0.2, 0.25) is 5.95 Å².